The van der Waals surface area contributed by atoms with Crippen molar-refractivity contribution in [2.45, 2.75) is 125 Å². The molecule has 0 aliphatic rings. The molecule has 28 heavy (non-hydrogen) atoms. The number of carboxylic acid groups (broad SMARTS) is 1. The van der Waals surface area contributed by atoms with Gasteiger partial charge in [0.25, 0.3) is 0 Å². The summed E-state index contributed by atoms with van der Waals surface area (Å²) >= 11 is 0. The molecular weight excluding hydrogens is 344 g/mol. The van der Waals surface area contributed by atoms with Crippen molar-refractivity contribution in [3.8, 4) is 0 Å². The lowest BCUT2D eigenvalue weighted by molar-refractivity contribution is -0.137. The number of unbranched alkanes of at least 4 members (excludes halogenated alkanes) is 8. The first-order valence-electron chi connectivity index (χ1n) is 11.9. The number of allylic oxidation sites excluding steroid dienone is 4. The Kier molecular flexibility index (Phi) is 17.3. The molecule has 0 fully saturated rings. The molecular formula is C26H48O2. The van der Waals surface area contributed by atoms with Crippen LogP contribution in [0.5, 0.6) is 0 Å². The van der Waals surface area contributed by atoms with Crippen LogP contribution < -0.4 is 0 Å². The highest BCUT2D eigenvalue weighted by molar-refractivity contribution is 5.66. The standard InChI is InChI=1S/C26H48O2/c1-6-7-8-9-10-11-13-16-22(2)19-24(4)21-25(5)20-23(3)17-14-12-15-18-26(27)28/h19-20,22-23H,6-18,21H2,1-5H3,(H,27,28)/b24-19-,25-20+/t22-,23-/m0/s1. The van der Waals surface area contributed by atoms with Crippen LogP contribution >= 0.6 is 0 Å². The van der Waals surface area contributed by atoms with Crippen molar-refractivity contribution in [3.63, 3.8) is 0 Å². The van der Waals surface area contributed by atoms with Crippen molar-refractivity contribution < 1.29 is 9.90 Å². The lowest BCUT2D eigenvalue weighted by atomic mass is 9.95. The van der Waals surface area contributed by atoms with Gasteiger partial charge in [-0.25, -0.2) is 0 Å². The number of hydrogen-bond acceptors (Lipinski definition) is 1. The molecule has 0 unspecified atom stereocenters. The first kappa shape index (κ1) is 27.0. The van der Waals surface area contributed by atoms with Gasteiger partial charge in [-0.3, -0.25) is 4.79 Å². The average molecular weight is 393 g/mol. The van der Waals surface area contributed by atoms with Gasteiger partial charge in [0.15, 0.2) is 0 Å². The molecule has 0 rings (SSSR count). The number of rotatable bonds is 18. The van der Waals surface area contributed by atoms with E-state index in [4.69, 9.17) is 5.11 Å². The van der Waals surface area contributed by atoms with Crippen LogP contribution in [-0.2, 0) is 4.79 Å². The molecule has 164 valence electrons. The summed E-state index contributed by atoms with van der Waals surface area (Å²) in [4.78, 5) is 10.5. The molecule has 1 N–H and O–H groups in total. The summed E-state index contributed by atoms with van der Waals surface area (Å²) in [6, 6.07) is 0. The van der Waals surface area contributed by atoms with Gasteiger partial charge in [0.1, 0.15) is 0 Å². The molecule has 2 heteroatoms. The van der Waals surface area contributed by atoms with Gasteiger partial charge in [-0.15, -0.1) is 0 Å². The third-order valence-electron chi connectivity index (χ3n) is 5.51. The lowest BCUT2D eigenvalue weighted by Gasteiger charge is -2.11. The normalized spacial score (nSPS) is 14.9. The molecule has 0 saturated carbocycles. The molecule has 0 radical (unpaired) electrons. The second-order valence-electron chi connectivity index (χ2n) is 9.06. The Morgan fingerprint density at radius 3 is 1.64 bits per heavy atom. The Bertz CT molecular complexity index is 447. The van der Waals surface area contributed by atoms with Crippen molar-refractivity contribution in [1.82, 2.24) is 0 Å². The van der Waals surface area contributed by atoms with Gasteiger partial charge in [-0.05, 0) is 51.4 Å². The third-order valence-corrected chi connectivity index (χ3v) is 5.51. The molecule has 0 amide bonds. The van der Waals surface area contributed by atoms with Crippen molar-refractivity contribution in [3.05, 3.63) is 23.3 Å². The molecule has 0 heterocycles. The second-order valence-corrected chi connectivity index (χ2v) is 9.06. The fourth-order valence-electron chi connectivity index (χ4n) is 4.04. The summed E-state index contributed by atoms with van der Waals surface area (Å²) in [6.07, 6.45) is 21.5. The molecule has 0 bridgehead atoms. The van der Waals surface area contributed by atoms with Crippen molar-refractivity contribution >= 4 is 5.97 Å². The maximum absolute atomic E-state index is 10.5. The predicted molar refractivity (Wildman–Crippen MR) is 124 cm³/mol. The van der Waals surface area contributed by atoms with Crippen LogP contribution in [0, 0.1) is 11.8 Å². The summed E-state index contributed by atoms with van der Waals surface area (Å²) in [6.45, 7) is 11.4. The Balaban J connectivity index is 3.97. The van der Waals surface area contributed by atoms with E-state index in [-0.39, 0.29) is 0 Å². The zero-order chi connectivity index (χ0) is 21.2. The lowest BCUT2D eigenvalue weighted by Crippen LogP contribution is -1.96. The number of carboxylic acids is 1. The van der Waals surface area contributed by atoms with E-state index in [1.807, 2.05) is 0 Å². The summed E-state index contributed by atoms with van der Waals surface area (Å²) in [5, 5.41) is 8.67. The van der Waals surface area contributed by atoms with E-state index >= 15 is 0 Å². The molecule has 0 aromatic rings. The first-order chi connectivity index (χ1) is 13.3. The zero-order valence-corrected chi connectivity index (χ0v) is 19.6. The smallest absolute Gasteiger partial charge is 0.303 e. The molecule has 0 spiro atoms. The van der Waals surface area contributed by atoms with Crippen LogP contribution in [0.25, 0.3) is 0 Å². The second kappa shape index (κ2) is 18.0. The molecule has 2 atom stereocenters. The van der Waals surface area contributed by atoms with E-state index in [9.17, 15) is 4.79 Å². The molecule has 0 aliphatic carbocycles. The Morgan fingerprint density at radius 2 is 1.18 bits per heavy atom. The minimum Gasteiger partial charge on any atom is -0.481 e. The topological polar surface area (TPSA) is 37.3 Å². The monoisotopic (exact) mass is 392 g/mol. The fourth-order valence-corrected chi connectivity index (χ4v) is 4.04. The largest absolute Gasteiger partial charge is 0.481 e. The number of aliphatic carboxylic acids is 1. The van der Waals surface area contributed by atoms with Crippen LogP contribution in [0.3, 0.4) is 0 Å². The maximum atomic E-state index is 10.5. The highest BCUT2D eigenvalue weighted by Gasteiger charge is 2.04. The first-order valence-corrected chi connectivity index (χ1v) is 11.9. The Hall–Kier alpha value is -1.05. The minimum atomic E-state index is -0.674. The van der Waals surface area contributed by atoms with Gasteiger partial charge >= 0.3 is 5.97 Å². The molecule has 0 aromatic carbocycles. The van der Waals surface area contributed by atoms with E-state index in [0.717, 1.165) is 32.1 Å². The minimum absolute atomic E-state index is 0.310. The SMILES string of the molecule is CCCCCCCCC[C@H](C)/C=C(/C)C/C(C)=C/[C@@H](C)CCCCCC(=O)O. The predicted octanol–water partition coefficient (Wildman–Crippen LogP) is 8.72. The highest BCUT2D eigenvalue weighted by Crippen LogP contribution is 2.20. The van der Waals surface area contributed by atoms with Gasteiger partial charge in [-0.1, -0.05) is 102 Å². The fraction of sp³-hybridized carbons (Fsp3) is 0.808. The van der Waals surface area contributed by atoms with E-state index in [1.54, 1.807) is 0 Å². The van der Waals surface area contributed by atoms with Crippen LogP contribution in [-0.4, -0.2) is 11.1 Å². The van der Waals surface area contributed by atoms with Crippen LogP contribution in [0.15, 0.2) is 23.3 Å². The summed E-state index contributed by atoms with van der Waals surface area (Å²) in [5.41, 5.74) is 2.97. The quantitative estimate of drug-likeness (QED) is 0.187. The van der Waals surface area contributed by atoms with Gasteiger partial charge in [0.05, 0.1) is 0 Å². The third kappa shape index (κ3) is 18.3. The van der Waals surface area contributed by atoms with Crippen LogP contribution in [0.4, 0.5) is 0 Å². The van der Waals surface area contributed by atoms with E-state index in [0.29, 0.717) is 18.3 Å². The van der Waals surface area contributed by atoms with E-state index in [2.05, 4.69) is 46.8 Å². The van der Waals surface area contributed by atoms with Gasteiger partial charge in [0.2, 0.25) is 0 Å². The molecule has 2 nitrogen and oxygen atoms in total. The van der Waals surface area contributed by atoms with Crippen molar-refractivity contribution in [1.29, 1.82) is 0 Å². The zero-order valence-electron chi connectivity index (χ0n) is 19.6. The maximum Gasteiger partial charge on any atom is 0.303 e. The summed E-state index contributed by atoms with van der Waals surface area (Å²) < 4.78 is 0. The van der Waals surface area contributed by atoms with Crippen LogP contribution in [0.1, 0.15) is 125 Å². The van der Waals surface area contributed by atoms with Crippen molar-refractivity contribution in [2.24, 2.45) is 11.8 Å². The van der Waals surface area contributed by atoms with Gasteiger partial charge < -0.3 is 5.11 Å². The van der Waals surface area contributed by atoms with Gasteiger partial charge in [0, 0.05) is 6.42 Å². The van der Waals surface area contributed by atoms with Gasteiger partial charge in [-0.2, -0.15) is 0 Å². The Labute approximate surface area is 175 Å². The van der Waals surface area contributed by atoms with Crippen molar-refractivity contribution in [2.75, 3.05) is 0 Å². The van der Waals surface area contributed by atoms with Crippen LogP contribution in [0.2, 0.25) is 0 Å². The highest BCUT2D eigenvalue weighted by atomic mass is 16.4. The number of hydrogen-bond donors (Lipinski definition) is 1. The molecule has 0 saturated heterocycles. The van der Waals surface area contributed by atoms with E-state index < -0.39 is 5.97 Å². The molecule has 0 aromatic heterocycles. The number of carbonyl (C=O) groups is 1. The summed E-state index contributed by atoms with van der Waals surface area (Å²) in [5.74, 6) is 0.602. The summed E-state index contributed by atoms with van der Waals surface area (Å²) in [7, 11) is 0. The average Bonchev–Trinajstić information content (AvgIpc) is 2.59. The Morgan fingerprint density at radius 1 is 0.750 bits per heavy atom. The van der Waals surface area contributed by atoms with E-state index in [1.165, 1.54) is 62.5 Å². The molecule has 0 aliphatic heterocycles.